The zero-order valence-corrected chi connectivity index (χ0v) is 8.26. The van der Waals surface area contributed by atoms with Gasteiger partial charge in [-0.25, -0.2) is 9.18 Å². The average Bonchev–Trinajstić information content (AvgIpc) is 2.10. The molecular weight excluding hydrogens is 243 g/mol. The number of aromatic hydroxyl groups is 1. The number of benzene rings is 1. The first-order chi connectivity index (χ1) is 6.06. The summed E-state index contributed by atoms with van der Waals surface area (Å²) in [6.07, 6.45) is 0. The van der Waals surface area contributed by atoms with E-state index in [1.165, 1.54) is 7.11 Å². The monoisotopic (exact) mass is 248 g/mol. The number of hydrogen-bond donors (Lipinski definition) is 1. The Labute approximate surface area is 82.3 Å². The fourth-order valence-corrected chi connectivity index (χ4v) is 1.22. The van der Waals surface area contributed by atoms with Crippen molar-refractivity contribution >= 4 is 21.9 Å². The molecule has 0 saturated carbocycles. The number of carbonyl (C=O) groups is 1. The highest BCUT2D eigenvalue weighted by Gasteiger charge is 2.14. The molecule has 5 heteroatoms. The number of esters is 1. The third kappa shape index (κ3) is 1.98. The predicted molar refractivity (Wildman–Crippen MR) is 47.1 cm³/mol. The molecule has 0 heterocycles. The molecule has 13 heavy (non-hydrogen) atoms. The minimum absolute atomic E-state index is 0.0417. The quantitative estimate of drug-likeness (QED) is 0.775. The molecule has 0 aliphatic heterocycles. The molecule has 0 unspecified atom stereocenters. The Morgan fingerprint density at radius 2 is 2.23 bits per heavy atom. The molecule has 0 atom stereocenters. The van der Waals surface area contributed by atoms with Crippen LogP contribution in [0.4, 0.5) is 4.39 Å². The molecule has 1 aromatic carbocycles. The van der Waals surface area contributed by atoms with Gasteiger partial charge in [0.2, 0.25) is 0 Å². The standard InChI is InChI=1S/C8H6BrFO3/c1-13-8(12)5-2-4(10)3-6(11)7(5)9/h2-3,11H,1H3. The Bertz CT molecular complexity index is 351. The molecule has 0 amide bonds. The Balaban J connectivity index is 3.28. The molecule has 0 aliphatic rings. The Hall–Kier alpha value is -1.10. The number of methoxy groups -OCH3 is 1. The maximum atomic E-state index is 12.7. The summed E-state index contributed by atoms with van der Waals surface area (Å²) in [5, 5.41) is 9.13. The maximum absolute atomic E-state index is 12.7. The Kier molecular flexibility index (Phi) is 2.87. The summed E-state index contributed by atoms with van der Waals surface area (Å²) >= 11 is 2.94. The van der Waals surface area contributed by atoms with Crippen molar-refractivity contribution in [3.8, 4) is 5.75 Å². The molecule has 1 rings (SSSR count). The maximum Gasteiger partial charge on any atom is 0.339 e. The van der Waals surface area contributed by atoms with Gasteiger partial charge in [-0.3, -0.25) is 0 Å². The first kappa shape index (κ1) is 9.98. The summed E-state index contributed by atoms with van der Waals surface area (Å²) in [6.45, 7) is 0. The molecule has 70 valence electrons. The van der Waals surface area contributed by atoms with Gasteiger partial charge in [0.15, 0.2) is 0 Å². The second kappa shape index (κ2) is 3.74. The van der Waals surface area contributed by atoms with E-state index in [1.54, 1.807) is 0 Å². The summed E-state index contributed by atoms with van der Waals surface area (Å²) in [5.74, 6) is -1.73. The van der Waals surface area contributed by atoms with E-state index in [4.69, 9.17) is 5.11 Å². The van der Waals surface area contributed by atoms with Crippen LogP contribution in [0.25, 0.3) is 0 Å². The summed E-state index contributed by atoms with van der Waals surface area (Å²) in [6, 6.07) is 1.88. The van der Waals surface area contributed by atoms with Gasteiger partial charge in [-0.1, -0.05) is 0 Å². The van der Waals surface area contributed by atoms with E-state index in [0.717, 1.165) is 12.1 Å². The van der Waals surface area contributed by atoms with Crippen molar-refractivity contribution in [2.75, 3.05) is 7.11 Å². The smallest absolute Gasteiger partial charge is 0.339 e. The number of phenols is 1. The molecule has 0 saturated heterocycles. The van der Waals surface area contributed by atoms with Crippen LogP contribution in [0.3, 0.4) is 0 Å². The van der Waals surface area contributed by atoms with Gasteiger partial charge in [0.1, 0.15) is 11.6 Å². The lowest BCUT2D eigenvalue weighted by molar-refractivity contribution is 0.0598. The highest BCUT2D eigenvalue weighted by molar-refractivity contribution is 9.10. The summed E-state index contributed by atoms with van der Waals surface area (Å²) in [4.78, 5) is 11.0. The third-order valence-electron chi connectivity index (χ3n) is 1.42. The van der Waals surface area contributed by atoms with Crippen molar-refractivity contribution in [3.63, 3.8) is 0 Å². The van der Waals surface area contributed by atoms with Crippen LogP contribution in [-0.2, 0) is 4.74 Å². The summed E-state index contributed by atoms with van der Waals surface area (Å²) in [7, 11) is 1.18. The van der Waals surface area contributed by atoms with Crippen molar-refractivity contribution in [1.82, 2.24) is 0 Å². The fourth-order valence-electron chi connectivity index (χ4n) is 0.833. The minimum Gasteiger partial charge on any atom is -0.507 e. The predicted octanol–water partition coefficient (Wildman–Crippen LogP) is 2.08. The molecule has 3 nitrogen and oxygen atoms in total. The van der Waals surface area contributed by atoms with E-state index >= 15 is 0 Å². The van der Waals surface area contributed by atoms with Crippen LogP contribution in [-0.4, -0.2) is 18.2 Å². The lowest BCUT2D eigenvalue weighted by atomic mass is 10.2. The van der Waals surface area contributed by atoms with Crippen LogP contribution >= 0.6 is 15.9 Å². The van der Waals surface area contributed by atoms with E-state index in [-0.39, 0.29) is 15.8 Å². The van der Waals surface area contributed by atoms with Crippen LogP contribution in [0, 0.1) is 5.82 Å². The Morgan fingerprint density at radius 1 is 1.62 bits per heavy atom. The molecule has 0 aromatic heterocycles. The summed E-state index contributed by atoms with van der Waals surface area (Å²) in [5.41, 5.74) is -0.0417. The van der Waals surface area contributed by atoms with Crippen LogP contribution in [0.1, 0.15) is 10.4 Å². The van der Waals surface area contributed by atoms with E-state index in [1.807, 2.05) is 0 Å². The van der Waals surface area contributed by atoms with Crippen LogP contribution in [0.2, 0.25) is 0 Å². The van der Waals surface area contributed by atoms with Crippen molar-refractivity contribution in [2.45, 2.75) is 0 Å². The lowest BCUT2D eigenvalue weighted by Gasteiger charge is -2.03. The molecule has 1 N–H and O–H groups in total. The van der Waals surface area contributed by atoms with Crippen molar-refractivity contribution in [3.05, 3.63) is 28.0 Å². The number of phenolic OH excluding ortho intramolecular Hbond substituents is 1. The lowest BCUT2D eigenvalue weighted by Crippen LogP contribution is -2.02. The molecular formula is C8H6BrFO3. The molecule has 0 fully saturated rings. The van der Waals surface area contributed by atoms with Crippen molar-refractivity contribution in [1.29, 1.82) is 0 Å². The van der Waals surface area contributed by atoms with Gasteiger partial charge in [-0.15, -0.1) is 0 Å². The van der Waals surface area contributed by atoms with Gasteiger partial charge < -0.3 is 9.84 Å². The van der Waals surface area contributed by atoms with Crippen LogP contribution in [0.5, 0.6) is 5.75 Å². The van der Waals surface area contributed by atoms with Gasteiger partial charge in [0, 0.05) is 6.07 Å². The Morgan fingerprint density at radius 3 is 2.77 bits per heavy atom. The molecule has 1 aromatic rings. The number of ether oxygens (including phenoxy) is 1. The van der Waals surface area contributed by atoms with Gasteiger partial charge in [0.05, 0.1) is 17.1 Å². The normalized spacial score (nSPS) is 9.77. The SMILES string of the molecule is COC(=O)c1cc(F)cc(O)c1Br. The minimum atomic E-state index is -0.707. The van der Waals surface area contributed by atoms with Crippen LogP contribution < -0.4 is 0 Å². The number of carbonyl (C=O) groups excluding carboxylic acids is 1. The van der Waals surface area contributed by atoms with Gasteiger partial charge >= 0.3 is 5.97 Å². The van der Waals surface area contributed by atoms with E-state index in [0.29, 0.717) is 0 Å². The highest BCUT2D eigenvalue weighted by atomic mass is 79.9. The second-order valence-corrected chi connectivity index (χ2v) is 3.07. The number of rotatable bonds is 1. The molecule has 0 bridgehead atoms. The first-order valence-corrected chi connectivity index (χ1v) is 4.12. The first-order valence-electron chi connectivity index (χ1n) is 3.32. The summed E-state index contributed by atoms with van der Waals surface area (Å²) < 4.78 is 17.2. The van der Waals surface area contributed by atoms with Crippen LogP contribution in [0.15, 0.2) is 16.6 Å². The van der Waals surface area contributed by atoms with Gasteiger partial charge in [0.25, 0.3) is 0 Å². The number of halogens is 2. The van der Waals surface area contributed by atoms with Crippen molar-refractivity contribution < 1.29 is 19.0 Å². The van der Waals surface area contributed by atoms with E-state index in [2.05, 4.69) is 20.7 Å². The molecule has 0 radical (unpaired) electrons. The second-order valence-electron chi connectivity index (χ2n) is 2.28. The van der Waals surface area contributed by atoms with E-state index < -0.39 is 11.8 Å². The van der Waals surface area contributed by atoms with E-state index in [9.17, 15) is 9.18 Å². The fraction of sp³-hybridized carbons (Fsp3) is 0.125. The molecule has 0 aliphatic carbocycles. The number of hydrogen-bond acceptors (Lipinski definition) is 3. The van der Waals surface area contributed by atoms with Crippen molar-refractivity contribution in [2.24, 2.45) is 0 Å². The van der Waals surface area contributed by atoms with Gasteiger partial charge in [-0.2, -0.15) is 0 Å². The molecule has 0 spiro atoms. The topological polar surface area (TPSA) is 46.5 Å². The average molecular weight is 249 g/mol. The third-order valence-corrected chi connectivity index (χ3v) is 2.26. The van der Waals surface area contributed by atoms with Gasteiger partial charge in [-0.05, 0) is 22.0 Å². The zero-order chi connectivity index (χ0) is 10.0. The zero-order valence-electron chi connectivity index (χ0n) is 6.67. The highest BCUT2D eigenvalue weighted by Crippen LogP contribution is 2.29. The largest absolute Gasteiger partial charge is 0.507 e.